The van der Waals surface area contributed by atoms with Gasteiger partial charge in [0.2, 0.25) is 0 Å². The molecule has 0 aromatic heterocycles. The number of nitrogens with zero attached hydrogens (tertiary/aromatic N) is 1. The summed E-state index contributed by atoms with van der Waals surface area (Å²) in [4.78, 5) is 2.43. The van der Waals surface area contributed by atoms with Gasteiger partial charge in [-0.15, -0.1) is 0 Å². The lowest BCUT2D eigenvalue weighted by molar-refractivity contribution is 0.212. The third kappa shape index (κ3) is 3.58. The van der Waals surface area contributed by atoms with Gasteiger partial charge in [-0.2, -0.15) is 0 Å². The zero-order valence-electron chi connectivity index (χ0n) is 10.2. The molecule has 1 heterocycles. The van der Waals surface area contributed by atoms with Crippen molar-refractivity contribution in [1.82, 2.24) is 10.2 Å². The monoisotopic (exact) mass is 198 g/mol. The van der Waals surface area contributed by atoms with E-state index in [9.17, 15) is 0 Å². The van der Waals surface area contributed by atoms with E-state index >= 15 is 0 Å². The van der Waals surface area contributed by atoms with Crippen LogP contribution in [0.5, 0.6) is 0 Å². The van der Waals surface area contributed by atoms with Crippen molar-refractivity contribution in [2.75, 3.05) is 20.1 Å². The van der Waals surface area contributed by atoms with Crippen molar-refractivity contribution < 1.29 is 0 Å². The Morgan fingerprint density at radius 2 is 1.86 bits per heavy atom. The highest BCUT2D eigenvalue weighted by Crippen LogP contribution is 2.13. The number of hydrogen-bond acceptors (Lipinski definition) is 2. The summed E-state index contributed by atoms with van der Waals surface area (Å²) in [6, 6.07) is 1.47. The minimum atomic E-state index is 0.711. The fraction of sp³-hybridized carbons (Fsp3) is 1.00. The van der Waals surface area contributed by atoms with E-state index in [1.54, 1.807) is 0 Å². The molecule has 1 fully saturated rings. The van der Waals surface area contributed by atoms with Crippen molar-refractivity contribution in [1.29, 1.82) is 0 Å². The fourth-order valence-electron chi connectivity index (χ4n) is 2.26. The highest BCUT2D eigenvalue weighted by molar-refractivity contribution is 4.80. The summed E-state index contributed by atoms with van der Waals surface area (Å²) in [5.74, 6) is 0.764. The quantitative estimate of drug-likeness (QED) is 0.744. The molecule has 0 radical (unpaired) electrons. The zero-order valence-corrected chi connectivity index (χ0v) is 10.2. The maximum atomic E-state index is 3.80. The maximum absolute atomic E-state index is 3.80. The molecule has 1 atom stereocenters. The first-order chi connectivity index (χ1) is 6.63. The van der Waals surface area contributed by atoms with E-state index < -0.39 is 0 Å². The molecule has 1 aliphatic rings. The average Bonchev–Trinajstić information content (AvgIpc) is 2.16. The topological polar surface area (TPSA) is 15.3 Å². The van der Waals surface area contributed by atoms with Crippen LogP contribution in [-0.4, -0.2) is 37.1 Å². The summed E-state index contributed by atoms with van der Waals surface area (Å²) < 4.78 is 0. The first-order valence-corrected chi connectivity index (χ1v) is 6.08. The van der Waals surface area contributed by atoms with Crippen LogP contribution < -0.4 is 5.32 Å². The third-order valence-corrected chi connectivity index (χ3v) is 3.41. The van der Waals surface area contributed by atoms with Gasteiger partial charge in [0.25, 0.3) is 0 Å². The molecule has 0 saturated carbocycles. The number of nitrogens with one attached hydrogen (secondary N) is 1. The number of hydrogen-bond donors (Lipinski definition) is 1. The van der Waals surface area contributed by atoms with Crippen molar-refractivity contribution in [3.63, 3.8) is 0 Å². The first kappa shape index (κ1) is 12.0. The molecule has 0 bridgehead atoms. The number of likely N-dealkylation sites (tertiary alicyclic amines) is 1. The number of piperidine rings is 1. The van der Waals surface area contributed by atoms with Crippen LogP contribution in [0.3, 0.4) is 0 Å². The van der Waals surface area contributed by atoms with Gasteiger partial charge in [-0.25, -0.2) is 0 Å². The normalized spacial score (nSPS) is 22.9. The molecule has 0 aliphatic carbocycles. The Hall–Kier alpha value is -0.0800. The number of rotatable bonds is 4. The molecule has 14 heavy (non-hydrogen) atoms. The van der Waals surface area contributed by atoms with Crippen LogP contribution in [-0.2, 0) is 0 Å². The zero-order chi connectivity index (χ0) is 10.6. The van der Waals surface area contributed by atoms with E-state index in [0.717, 1.165) is 12.0 Å². The Labute approximate surface area is 89.1 Å². The second kappa shape index (κ2) is 5.72. The van der Waals surface area contributed by atoms with Crippen LogP contribution in [0, 0.1) is 5.92 Å². The maximum Gasteiger partial charge on any atom is 0.00941 e. The molecule has 1 rings (SSSR count). The molecule has 2 nitrogen and oxygen atoms in total. The first-order valence-electron chi connectivity index (χ1n) is 6.08. The molecule has 1 saturated heterocycles. The highest BCUT2D eigenvalue weighted by Gasteiger charge is 2.20. The van der Waals surface area contributed by atoms with E-state index in [1.165, 1.54) is 32.4 Å². The lowest BCUT2D eigenvalue weighted by atomic mass is 9.98. The van der Waals surface area contributed by atoms with Crippen molar-refractivity contribution in [3.8, 4) is 0 Å². The molecule has 1 N–H and O–H groups in total. The van der Waals surface area contributed by atoms with E-state index in [0.29, 0.717) is 6.04 Å². The third-order valence-electron chi connectivity index (χ3n) is 3.41. The van der Waals surface area contributed by atoms with Crippen LogP contribution in [0.2, 0.25) is 0 Å². The molecule has 0 spiro atoms. The molecule has 2 heteroatoms. The van der Waals surface area contributed by atoms with Gasteiger partial charge in [-0.1, -0.05) is 20.8 Å². The van der Waals surface area contributed by atoms with Gasteiger partial charge in [0.15, 0.2) is 0 Å². The van der Waals surface area contributed by atoms with Crippen molar-refractivity contribution >= 4 is 0 Å². The summed E-state index contributed by atoms with van der Waals surface area (Å²) in [6.45, 7) is 9.43. The van der Waals surface area contributed by atoms with Gasteiger partial charge in [-0.3, -0.25) is 0 Å². The Morgan fingerprint density at radius 1 is 1.29 bits per heavy atom. The van der Waals surface area contributed by atoms with Crippen molar-refractivity contribution in [2.45, 2.75) is 52.1 Å². The van der Waals surface area contributed by atoms with E-state index in [-0.39, 0.29) is 0 Å². The van der Waals surface area contributed by atoms with Crippen LogP contribution in [0.25, 0.3) is 0 Å². The Morgan fingerprint density at radius 3 is 2.29 bits per heavy atom. The van der Waals surface area contributed by atoms with E-state index in [4.69, 9.17) is 0 Å². The smallest absolute Gasteiger partial charge is 0.00941 e. The van der Waals surface area contributed by atoms with Gasteiger partial charge >= 0.3 is 0 Å². The highest BCUT2D eigenvalue weighted by atomic mass is 15.1. The van der Waals surface area contributed by atoms with Gasteiger partial charge < -0.3 is 10.2 Å². The lowest BCUT2D eigenvalue weighted by Gasteiger charge is -2.33. The van der Waals surface area contributed by atoms with Gasteiger partial charge in [0.05, 0.1) is 0 Å². The summed E-state index contributed by atoms with van der Waals surface area (Å²) in [5, 5.41) is 3.80. The van der Waals surface area contributed by atoms with Gasteiger partial charge in [0.1, 0.15) is 0 Å². The van der Waals surface area contributed by atoms with Crippen LogP contribution in [0.4, 0.5) is 0 Å². The second-order valence-electron chi connectivity index (χ2n) is 5.00. The fourth-order valence-corrected chi connectivity index (χ4v) is 2.26. The molecular formula is C12H26N2. The molecule has 0 aromatic rings. The summed E-state index contributed by atoms with van der Waals surface area (Å²) in [6.07, 6.45) is 3.89. The summed E-state index contributed by atoms with van der Waals surface area (Å²) >= 11 is 0. The molecular weight excluding hydrogens is 172 g/mol. The minimum Gasteiger partial charge on any atom is -0.311 e. The second-order valence-corrected chi connectivity index (χ2v) is 5.00. The summed E-state index contributed by atoms with van der Waals surface area (Å²) in [5.41, 5.74) is 0. The lowest BCUT2D eigenvalue weighted by Crippen LogP contribution is -2.46. The van der Waals surface area contributed by atoms with E-state index in [1.807, 2.05) is 0 Å². The minimum absolute atomic E-state index is 0.711. The predicted octanol–water partition coefficient (Wildman–Crippen LogP) is 2.10. The Bertz CT molecular complexity index is 148. The molecule has 0 unspecified atom stereocenters. The summed E-state index contributed by atoms with van der Waals surface area (Å²) in [7, 11) is 2.22. The largest absolute Gasteiger partial charge is 0.311 e. The van der Waals surface area contributed by atoms with Crippen LogP contribution in [0.15, 0.2) is 0 Å². The SMILES string of the molecule is CC[C@H](NC1CCN(C)CC1)C(C)C. The Balaban J connectivity index is 2.29. The van der Waals surface area contributed by atoms with Crippen LogP contribution >= 0.6 is 0 Å². The molecule has 0 amide bonds. The van der Waals surface area contributed by atoms with E-state index in [2.05, 4.69) is 38.0 Å². The van der Waals surface area contributed by atoms with Crippen LogP contribution in [0.1, 0.15) is 40.0 Å². The molecule has 1 aliphatic heterocycles. The predicted molar refractivity (Wildman–Crippen MR) is 62.6 cm³/mol. The molecule has 84 valence electrons. The Kier molecular flexibility index (Phi) is 4.90. The van der Waals surface area contributed by atoms with Gasteiger partial charge in [-0.05, 0) is 45.3 Å². The molecule has 0 aromatic carbocycles. The van der Waals surface area contributed by atoms with Gasteiger partial charge in [0, 0.05) is 12.1 Å². The standard InChI is InChI=1S/C12H26N2/c1-5-12(10(2)3)13-11-6-8-14(4)9-7-11/h10-13H,5-9H2,1-4H3/t12-/m0/s1. The van der Waals surface area contributed by atoms with Crippen molar-refractivity contribution in [2.24, 2.45) is 5.92 Å². The van der Waals surface area contributed by atoms with Crippen molar-refractivity contribution in [3.05, 3.63) is 0 Å². The average molecular weight is 198 g/mol.